The quantitative estimate of drug-likeness (QED) is 0.645. The number of hydrogen-bond donors (Lipinski definition) is 1. The fourth-order valence-corrected chi connectivity index (χ4v) is 3.73. The molecule has 1 aliphatic carbocycles. The van der Waals surface area contributed by atoms with Crippen LogP contribution in [0.3, 0.4) is 0 Å². The number of benzene rings is 1. The minimum atomic E-state index is -0.952. The second-order valence-corrected chi connectivity index (χ2v) is 6.47. The van der Waals surface area contributed by atoms with Gasteiger partial charge in [0.05, 0.1) is 12.0 Å². The first-order valence-electron chi connectivity index (χ1n) is 6.80. The number of alkyl halides is 2. The van der Waals surface area contributed by atoms with E-state index in [0.717, 1.165) is 5.75 Å². The normalized spacial score (nSPS) is 26.9. The van der Waals surface area contributed by atoms with Crippen LogP contribution in [-0.2, 0) is 4.79 Å². The van der Waals surface area contributed by atoms with Crippen LogP contribution in [-0.4, -0.2) is 23.4 Å². The maximum absolute atomic E-state index is 12.3. The van der Waals surface area contributed by atoms with Crippen molar-refractivity contribution >= 4 is 29.1 Å². The molecule has 0 spiro atoms. The van der Waals surface area contributed by atoms with Crippen molar-refractivity contribution in [1.29, 1.82) is 0 Å². The van der Waals surface area contributed by atoms with Crippen LogP contribution < -0.4 is 10.1 Å². The number of hydrogen-bond acceptors (Lipinski definition) is 2. The molecule has 20 heavy (non-hydrogen) atoms. The largest absolute Gasteiger partial charge is 0.492 e. The van der Waals surface area contributed by atoms with Gasteiger partial charge < -0.3 is 10.1 Å². The Kier molecular flexibility index (Phi) is 4.50. The second-order valence-electron chi connectivity index (χ2n) is 5.09. The zero-order valence-electron chi connectivity index (χ0n) is 11.7. The molecular weight excluding hydrogens is 297 g/mol. The van der Waals surface area contributed by atoms with Crippen LogP contribution in [0.2, 0.25) is 0 Å². The van der Waals surface area contributed by atoms with Gasteiger partial charge in [-0.15, -0.1) is 23.2 Å². The first-order chi connectivity index (χ1) is 9.46. The number of ether oxygens (including phenoxy) is 1. The molecule has 0 saturated heterocycles. The molecule has 0 heterocycles. The van der Waals surface area contributed by atoms with Crippen LogP contribution >= 0.6 is 23.2 Å². The fourth-order valence-electron chi connectivity index (χ4n) is 2.70. The van der Waals surface area contributed by atoms with E-state index in [-0.39, 0.29) is 11.8 Å². The highest BCUT2D eigenvalue weighted by atomic mass is 35.5. The number of amides is 1. The highest BCUT2D eigenvalue weighted by Crippen LogP contribution is 2.70. The number of rotatable bonds is 6. The molecule has 1 amide bonds. The van der Waals surface area contributed by atoms with Crippen LogP contribution in [0.25, 0.3) is 0 Å². The zero-order chi connectivity index (χ0) is 14.8. The minimum absolute atomic E-state index is 0.0293. The summed E-state index contributed by atoms with van der Waals surface area (Å²) in [5.74, 6) is 0.670. The monoisotopic (exact) mass is 315 g/mol. The third-order valence-electron chi connectivity index (χ3n) is 4.16. The van der Waals surface area contributed by atoms with Crippen molar-refractivity contribution in [1.82, 2.24) is 5.32 Å². The Hall–Kier alpha value is -0.930. The molecular formula is C15H19Cl2NO2. The molecule has 0 radical (unpaired) electrons. The van der Waals surface area contributed by atoms with Crippen molar-refractivity contribution in [3.8, 4) is 5.75 Å². The summed E-state index contributed by atoms with van der Waals surface area (Å²) in [6.45, 7) is 4.69. The number of halogens is 2. The fraction of sp³-hybridized carbons (Fsp3) is 0.533. The average molecular weight is 316 g/mol. The van der Waals surface area contributed by atoms with Crippen molar-refractivity contribution in [2.75, 3.05) is 13.2 Å². The zero-order valence-corrected chi connectivity index (χ0v) is 13.2. The van der Waals surface area contributed by atoms with E-state index in [4.69, 9.17) is 27.9 Å². The Morgan fingerprint density at radius 3 is 2.45 bits per heavy atom. The van der Waals surface area contributed by atoms with Gasteiger partial charge in [0.1, 0.15) is 16.7 Å². The van der Waals surface area contributed by atoms with E-state index in [1.54, 1.807) is 0 Å². The lowest BCUT2D eigenvalue weighted by Gasteiger charge is -2.16. The Morgan fingerprint density at radius 1 is 1.35 bits per heavy atom. The molecule has 1 N–H and O–H groups in total. The lowest BCUT2D eigenvalue weighted by molar-refractivity contribution is -0.127. The van der Waals surface area contributed by atoms with Crippen LogP contribution in [0.1, 0.15) is 20.3 Å². The number of carbonyl (C=O) groups excluding carboxylic acids is 1. The molecule has 5 heteroatoms. The number of carbonyl (C=O) groups is 1. The van der Waals surface area contributed by atoms with Crippen molar-refractivity contribution < 1.29 is 9.53 Å². The van der Waals surface area contributed by atoms with Gasteiger partial charge in [0.2, 0.25) is 5.91 Å². The summed E-state index contributed by atoms with van der Waals surface area (Å²) in [6, 6.07) is 9.48. The van der Waals surface area contributed by atoms with Gasteiger partial charge in [-0.05, 0) is 18.6 Å². The van der Waals surface area contributed by atoms with Gasteiger partial charge in [-0.3, -0.25) is 4.79 Å². The lowest BCUT2D eigenvalue weighted by atomic mass is 9.99. The summed E-state index contributed by atoms with van der Waals surface area (Å²) in [5.41, 5.74) is -0.664. The van der Waals surface area contributed by atoms with Crippen molar-refractivity contribution in [3.05, 3.63) is 30.3 Å². The molecule has 3 nitrogen and oxygen atoms in total. The average Bonchev–Trinajstić information content (AvgIpc) is 2.90. The van der Waals surface area contributed by atoms with E-state index >= 15 is 0 Å². The highest BCUT2D eigenvalue weighted by molar-refractivity contribution is 6.53. The maximum atomic E-state index is 12.3. The van der Waals surface area contributed by atoms with Crippen LogP contribution in [0.4, 0.5) is 0 Å². The van der Waals surface area contributed by atoms with Gasteiger partial charge in [-0.2, -0.15) is 0 Å². The summed E-state index contributed by atoms with van der Waals surface area (Å²) in [4.78, 5) is 12.3. The summed E-state index contributed by atoms with van der Waals surface area (Å²) >= 11 is 12.4. The minimum Gasteiger partial charge on any atom is -0.492 e. The molecule has 0 aromatic heterocycles. The third kappa shape index (κ3) is 2.49. The molecule has 1 aromatic rings. The predicted molar refractivity (Wildman–Crippen MR) is 81.3 cm³/mol. The van der Waals surface area contributed by atoms with Gasteiger partial charge in [0.25, 0.3) is 0 Å². The molecule has 0 aliphatic heterocycles. The Labute approximate surface area is 129 Å². The van der Waals surface area contributed by atoms with Crippen molar-refractivity contribution in [2.24, 2.45) is 11.3 Å². The molecule has 0 bridgehead atoms. The molecule has 1 aliphatic rings. The smallest absolute Gasteiger partial charge is 0.229 e. The first-order valence-corrected chi connectivity index (χ1v) is 7.56. The highest BCUT2D eigenvalue weighted by Gasteiger charge is 2.76. The van der Waals surface area contributed by atoms with E-state index < -0.39 is 9.75 Å². The summed E-state index contributed by atoms with van der Waals surface area (Å²) in [6.07, 6.45) is 0.631. The van der Waals surface area contributed by atoms with E-state index in [1.807, 2.05) is 44.2 Å². The van der Waals surface area contributed by atoms with E-state index in [0.29, 0.717) is 19.6 Å². The van der Waals surface area contributed by atoms with Gasteiger partial charge in [0, 0.05) is 5.92 Å². The van der Waals surface area contributed by atoms with E-state index in [9.17, 15) is 4.79 Å². The van der Waals surface area contributed by atoms with Gasteiger partial charge >= 0.3 is 0 Å². The van der Waals surface area contributed by atoms with Crippen LogP contribution in [0.5, 0.6) is 5.75 Å². The topological polar surface area (TPSA) is 38.3 Å². The Bertz CT molecular complexity index is 478. The molecule has 2 atom stereocenters. The molecule has 0 unspecified atom stereocenters. The standard InChI is InChI=1S/C15H19Cl2NO2/c1-3-14(11(2)15(14,16)17)13(19)18-9-10-20-12-7-5-4-6-8-12/h4-8,11H,3,9-10H2,1-2H3,(H,18,19)/t11-,14-/m0/s1. The van der Waals surface area contributed by atoms with E-state index in [1.165, 1.54) is 0 Å². The SMILES string of the molecule is CC[C@@]1(C(=O)NCCOc2ccccc2)[C@H](C)C1(Cl)Cl. The van der Waals surface area contributed by atoms with Crippen LogP contribution in [0, 0.1) is 11.3 Å². The second kappa shape index (κ2) is 5.82. The Balaban J connectivity index is 1.79. The van der Waals surface area contributed by atoms with Crippen molar-refractivity contribution in [2.45, 2.75) is 24.6 Å². The molecule has 1 fully saturated rings. The van der Waals surface area contributed by atoms with Gasteiger partial charge in [-0.1, -0.05) is 32.0 Å². The summed E-state index contributed by atoms with van der Waals surface area (Å²) < 4.78 is 4.57. The van der Waals surface area contributed by atoms with Crippen molar-refractivity contribution in [3.63, 3.8) is 0 Å². The Morgan fingerprint density at radius 2 is 1.95 bits per heavy atom. The summed E-state index contributed by atoms with van der Waals surface area (Å²) in [5, 5.41) is 2.86. The van der Waals surface area contributed by atoms with E-state index in [2.05, 4.69) is 5.32 Å². The van der Waals surface area contributed by atoms with Crippen LogP contribution in [0.15, 0.2) is 30.3 Å². The first kappa shape index (κ1) is 15.5. The third-order valence-corrected chi connectivity index (χ3v) is 5.49. The molecule has 110 valence electrons. The maximum Gasteiger partial charge on any atom is 0.229 e. The number of para-hydroxylation sites is 1. The predicted octanol–water partition coefficient (Wildman–Crippen LogP) is 3.40. The van der Waals surface area contributed by atoms with Gasteiger partial charge in [0.15, 0.2) is 0 Å². The lowest BCUT2D eigenvalue weighted by Crippen LogP contribution is -2.37. The molecule has 2 rings (SSSR count). The molecule has 1 saturated carbocycles. The number of nitrogens with one attached hydrogen (secondary N) is 1. The summed E-state index contributed by atoms with van der Waals surface area (Å²) in [7, 11) is 0. The van der Waals surface area contributed by atoms with Gasteiger partial charge in [-0.25, -0.2) is 0 Å². The molecule has 1 aromatic carbocycles.